The highest BCUT2D eigenvalue weighted by atomic mass is 15.1. The quantitative estimate of drug-likeness (QED) is 0.105. The SMILES string of the molecule is CCCCCCCCCC(c1[nH]cc[n+]1CCCCCCCCC)C(C)(Cc1ccccc1)c1ccccc1. The van der Waals surface area contributed by atoms with Crippen LogP contribution in [-0.4, -0.2) is 4.98 Å². The lowest BCUT2D eigenvalue weighted by atomic mass is 9.66. The predicted molar refractivity (Wildman–Crippen MR) is 168 cm³/mol. The van der Waals surface area contributed by atoms with Crippen molar-refractivity contribution in [2.45, 2.75) is 141 Å². The van der Waals surface area contributed by atoms with Gasteiger partial charge in [0.1, 0.15) is 12.4 Å². The molecule has 214 valence electrons. The van der Waals surface area contributed by atoms with Gasteiger partial charge in [-0.15, -0.1) is 0 Å². The third kappa shape index (κ3) is 10.3. The van der Waals surface area contributed by atoms with E-state index in [1.807, 2.05) is 0 Å². The molecular weight excluding hydrogens is 472 g/mol. The van der Waals surface area contributed by atoms with Gasteiger partial charge >= 0.3 is 0 Å². The second kappa shape index (κ2) is 18.1. The van der Waals surface area contributed by atoms with Crippen molar-refractivity contribution in [2.24, 2.45) is 0 Å². The van der Waals surface area contributed by atoms with Crippen molar-refractivity contribution in [3.63, 3.8) is 0 Å². The number of hydrogen-bond acceptors (Lipinski definition) is 0. The molecule has 0 aliphatic carbocycles. The summed E-state index contributed by atoms with van der Waals surface area (Å²) in [4.78, 5) is 3.77. The topological polar surface area (TPSA) is 19.7 Å². The number of imidazole rings is 1. The highest BCUT2D eigenvalue weighted by Gasteiger charge is 2.41. The number of nitrogens with one attached hydrogen (secondary N) is 1. The van der Waals surface area contributed by atoms with Crippen LogP contribution < -0.4 is 4.57 Å². The maximum absolute atomic E-state index is 3.77. The van der Waals surface area contributed by atoms with Crippen LogP contribution in [0.1, 0.15) is 140 Å². The van der Waals surface area contributed by atoms with E-state index in [4.69, 9.17) is 0 Å². The van der Waals surface area contributed by atoms with E-state index in [-0.39, 0.29) is 5.41 Å². The number of aromatic amines is 1. The van der Waals surface area contributed by atoms with Gasteiger partial charge in [0, 0.05) is 5.41 Å². The Bertz CT molecular complexity index is 993. The number of benzene rings is 2. The smallest absolute Gasteiger partial charge is 0.247 e. The van der Waals surface area contributed by atoms with Gasteiger partial charge in [0.05, 0.1) is 12.5 Å². The lowest BCUT2D eigenvalue weighted by Gasteiger charge is -2.37. The van der Waals surface area contributed by atoms with E-state index >= 15 is 0 Å². The zero-order valence-electron chi connectivity index (χ0n) is 25.5. The van der Waals surface area contributed by atoms with Crippen molar-refractivity contribution >= 4 is 0 Å². The Hall–Kier alpha value is -2.35. The molecule has 0 aliphatic rings. The van der Waals surface area contributed by atoms with Gasteiger partial charge in [-0.1, -0.05) is 158 Å². The molecule has 2 atom stereocenters. The molecule has 3 rings (SSSR count). The second-order valence-electron chi connectivity index (χ2n) is 12.1. The Morgan fingerprint density at radius 2 is 1.21 bits per heavy atom. The molecule has 2 nitrogen and oxygen atoms in total. The lowest BCUT2D eigenvalue weighted by molar-refractivity contribution is -0.705. The number of H-pyrrole nitrogens is 1. The fourth-order valence-corrected chi connectivity index (χ4v) is 6.44. The fourth-order valence-electron chi connectivity index (χ4n) is 6.44. The molecule has 0 amide bonds. The number of unbranched alkanes of at least 4 members (excludes halogenated alkanes) is 12. The van der Waals surface area contributed by atoms with E-state index in [1.54, 1.807) is 0 Å². The molecule has 0 radical (unpaired) electrons. The molecule has 3 aromatic rings. The van der Waals surface area contributed by atoms with Gasteiger partial charge < -0.3 is 0 Å². The first-order chi connectivity index (χ1) is 19.2. The van der Waals surface area contributed by atoms with Crippen molar-refractivity contribution in [3.8, 4) is 0 Å². The van der Waals surface area contributed by atoms with Gasteiger partial charge in [-0.25, -0.2) is 9.55 Å². The maximum atomic E-state index is 3.77. The Balaban J connectivity index is 1.81. The summed E-state index contributed by atoms with van der Waals surface area (Å²) in [5.74, 6) is 1.87. The monoisotopic (exact) mass is 529 g/mol. The average molecular weight is 530 g/mol. The molecule has 0 fully saturated rings. The minimum absolute atomic E-state index is 0.0115. The summed E-state index contributed by atoms with van der Waals surface area (Å²) in [6.07, 6.45) is 25.7. The minimum Gasteiger partial charge on any atom is -0.247 e. The van der Waals surface area contributed by atoms with E-state index in [0.29, 0.717) is 5.92 Å². The summed E-state index contributed by atoms with van der Waals surface area (Å²) in [5.41, 5.74) is 2.90. The molecule has 0 spiro atoms. The van der Waals surface area contributed by atoms with Gasteiger partial charge in [0.2, 0.25) is 0 Å². The summed E-state index contributed by atoms with van der Waals surface area (Å²) in [5, 5.41) is 0. The van der Waals surface area contributed by atoms with Crippen LogP contribution in [0.5, 0.6) is 0 Å². The van der Waals surface area contributed by atoms with Crippen LogP contribution >= 0.6 is 0 Å². The minimum atomic E-state index is 0.0115. The molecule has 2 aromatic carbocycles. The molecule has 1 aromatic heterocycles. The molecule has 39 heavy (non-hydrogen) atoms. The zero-order valence-corrected chi connectivity index (χ0v) is 25.5. The number of aromatic nitrogens is 2. The van der Waals surface area contributed by atoms with Crippen molar-refractivity contribution in [1.82, 2.24) is 4.98 Å². The van der Waals surface area contributed by atoms with Gasteiger partial charge in [-0.3, -0.25) is 0 Å². The van der Waals surface area contributed by atoms with Gasteiger partial charge in [0.15, 0.2) is 0 Å². The van der Waals surface area contributed by atoms with Crippen molar-refractivity contribution in [3.05, 3.63) is 90.0 Å². The Morgan fingerprint density at radius 3 is 1.82 bits per heavy atom. The van der Waals surface area contributed by atoms with Crippen molar-refractivity contribution in [2.75, 3.05) is 0 Å². The Kier molecular flexibility index (Phi) is 14.5. The van der Waals surface area contributed by atoms with E-state index in [0.717, 1.165) is 13.0 Å². The van der Waals surface area contributed by atoms with Crippen LogP contribution in [0, 0.1) is 0 Å². The van der Waals surface area contributed by atoms with Crippen LogP contribution in [-0.2, 0) is 18.4 Å². The number of rotatable bonds is 21. The average Bonchev–Trinajstić information content (AvgIpc) is 3.43. The molecule has 1 N–H and O–H groups in total. The van der Waals surface area contributed by atoms with E-state index in [2.05, 4.69) is 103 Å². The molecule has 2 heteroatoms. The van der Waals surface area contributed by atoms with Crippen LogP contribution in [0.3, 0.4) is 0 Å². The molecular formula is C37H57N2+. The zero-order chi connectivity index (χ0) is 27.6. The summed E-state index contributed by atoms with van der Waals surface area (Å²) < 4.78 is 2.56. The number of aryl methyl sites for hydroxylation is 1. The van der Waals surface area contributed by atoms with Gasteiger partial charge in [0.25, 0.3) is 5.82 Å². The predicted octanol–water partition coefficient (Wildman–Crippen LogP) is 10.5. The molecule has 0 aliphatic heterocycles. The van der Waals surface area contributed by atoms with Crippen LogP contribution in [0.15, 0.2) is 73.1 Å². The Morgan fingerprint density at radius 1 is 0.667 bits per heavy atom. The molecule has 0 bridgehead atoms. The Labute approximate surface area is 240 Å². The van der Waals surface area contributed by atoms with E-state index in [9.17, 15) is 0 Å². The molecule has 0 saturated carbocycles. The second-order valence-corrected chi connectivity index (χ2v) is 12.1. The van der Waals surface area contributed by atoms with E-state index in [1.165, 1.54) is 113 Å². The maximum Gasteiger partial charge on any atom is 0.258 e. The standard InChI is InChI=1S/C37H56N2/c1-4-6-8-10-12-14-22-28-35(36-38-29-31-39(36)30-23-15-13-11-9-7-5-2)37(3,34-26-20-17-21-27-34)32-33-24-18-16-19-25-33/h16-21,24-27,29,31,35H,4-15,22-23,28,30,32H2,1-3H3/p+1. The van der Waals surface area contributed by atoms with Crippen molar-refractivity contribution < 1.29 is 4.57 Å². The third-order valence-corrected chi connectivity index (χ3v) is 8.84. The van der Waals surface area contributed by atoms with Crippen LogP contribution in [0.25, 0.3) is 0 Å². The van der Waals surface area contributed by atoms with Gasteiger partial charge in [-0.05, 0) is 36.8 Å². The first kappa shape index (κ1) is 31.2. The fraction of sp³-hybridized carbons (Fsp3) is 0.595. The third-order valence-electron chi connectivity index (χ3n) is 8.84. The highest BCUT2D eigenvalue weighted by molar-refractivity contribution is 5.32. The summed E-state index contributed by atoms with van der Waals surface area (Å²) in [6, 6.07) is 22.5. The van der Waals surface area contributed by atoms with E-state index < -0.39 is 0 Å². The largest absolute Gasteiger partial charge is 0.258 e. The number of hydrogen-bond donors (Lipinski definition) is 1. The van der Waals surface area contributed by atoms with Crippen LogP contribution in [0.2, 0.25) is 0 Å². The van der Waals surface area contributed by atoms with Crippen LogP contribution in [0.4, 0.5) is 0 Å². The van der Waals surface area contributed by atoms with Crippen molar-refractivity contribution in [1.29, 1.82) is 0 Å². The normalized spacial score (nSPS) is 13.8. The lowest BCUT2D eigenvalue weighted by Crippen LogP contribution is -2.43. The molecule has 1 heterocycles. The number of nitrogens with zero attached hydrogens (tertiary/aromatic N) is 1. The highest BCUT2D eigenvalue weighted by Crippen LogP contribution is 2.43. The summed E-state index contributed by atoms with van der Waals surface area (Å²) in [6.45, 7) is 8.25. The summed E-state index contributed by atoms with van der Waals surface area (Å²) >= 11 is 0. The van der Waals surface area contributed by atoms with Gasteiger partial charge in [-0.2, -0.15) is 0 Å². The first-order valence-corrected chi connectivity index (χ1v) is 16.3. The molecule has 2 unspecified atom stereocenters. The molecule has 0 saturated heterocycles. The summed E-state index contributed by atoms with van der Waals surface area (Å²) in [7, 11) is 0. The first-order valence-electron chi connectivity index (χ1n) is 16.3.